The summed E-state index contributed by atoms with van der Waals surface area (Å²) in [6.45, 7) is 19.7. The molecule has 53 heavy (non-hydrogen) atoms. The first-order valence-corrected chi connectivity index (χ1v) is 21.7. The van der Waals surface area contributed by atoms with Crippen LogP contribution in [0.15, 0.2) is 40.4 Å². The smallest absolute Gasteiger partial charge is 0.291 e. The Kier molecular flexibility index (Phi) is 16.9. The molecule has 3 heterocycles. The zero-order chi connectivity index (χ0) is 38.3. The van der Waals surface area contributed by atoms with Gasteiger partial charge in [-0.1, -0.05) is 147 Å². The molecule has 0 aliphatic carbocycles. The number of nitrogens with zero attached hydrogens (tertiary/aromatic N) is 7. The van der Waals surface area contributed by atoms with Gasteiger partial charge in [0, 0.05) is 30.1 Å². The molecule has 4 rings (SSSR count). The number of unbranched alkanes of at least 4 members (excludes halogenated alkanes) is 4. The van der Waals surface area contributed by atoms with Gasteiger partial charge in [-0.3, -0.25) is 4.79 Å². The standard InChI is InChI=1S/C44H65N7OS/c1-9-16-20-32(13-5)29-50(30-33(14-6)21-17-10-2)44-47-38(35-26-24-31(8)25-27-35)42(53-44)46-39-36(23-19-12-4)37(28-45)43(52)51-41(39)48-40(49-51)34(15-7)22-18-11-3/h24-27,32-34H,9-23,29-30H2,1-8H3. The summed E-state index contributed by atoms with van der Waals surface area (Å²) in [5.41, 5.74) is 4.40. The third kappa shape index (κ3) is 10.7. The van der Waals surface area contributed by atoms with Gasteiger partial charge in [-0.2, -0.15) is 9.94 Å². The van der Waals surface area contributed by atoms with Crippen LogP contribution in [0.25, 0.3) is 11.3 Å². The summed E-state index contributed by atoms with van der Waals surface area (Å²) in [6.07, 6.45) is 15.9. The fourth-order valence-corrected chi connectivity index (χ4v) is 8.27. The maximum atomic E-state index is 13.9. The Labute approximate surface area is 324 Å². The maximum absolute atomic E-state index is 13.9. The average molecular weight is 740 g/mol. The lowest BCUT2D eigenvalue weighted by Gasteiger charge is -2.30. The number of aliphatic imine (C=N–C) groups is 1. The molecule has 0 fully saturated rings. The van der Waals surface area contributed by atoms with Crippen LogP contribution in [-0.4, -0.2) is 44.5 Å². The molecule has 9 heteroatoms. The number of fused-ring (bicyclic) bond motifs is 1. The van der Waals surface area contributed by atoms with Gasteiger partial charge in [0.1, 0.15) is 28.0 Å². The van der Waals surface area contributed by atoms with Crippen LogP contribution < -0.4 is 4.90 Å². The lowest BCUT2D eigenvalue weighted by molar-refractivity contribution is 0.0940. The highest BCUT2D eigenvalue weighted by Crippen LogP contribution is 2.42. The van der Waals surface area contributed by atoms with Gasteiger partial charge < -0.3 is 4.90 Å². The van der Waals surface area contributed by atoms with Crippen molar-refractivity contribution in [2.24, 2.45) is 16.8 Å². The Morgan fingerprint density at radius 2 is 1.43 bits per heavy atom. The Hall–Kier alpha value is -3.64. The molecule has 1 aromatic carbocycles. The number of benzene rings is 1. The maximum Gasteiger partial charge on any atom is 0.291 e. The number of nitriles is 1. The van der Waals surface area contributed by atoms with E-state index in [1.807, 2.05) is 0 Å². The summed E-state index contributed by atoms with van der Waals surface area (Å²) in [4.78, 5) is 32.4. The molecule has 0 spiro atoms. The van der Waals surface area contributed by atoms with Gasteiger partial charge >= 0.3 is 0 Å². The van der Waals surface area contributed by atoms with Crippen molar-refractivity contribution in [3.63, 3.8) is 0 Å². The Morgan fingerprint density at radius 1 is 0.830 bits per heavy atom. The van der Waals surface area contributed by atoms with Crippen molar-refractivity contribution in [3.8, 4) is 17.3 Å². The first-order valence-electron chi connectivity index (χ1n) is 20.8. The van der Waals surface area contributed by atoms with E-state index in [1.165, 1.54) is 48.8 Å². The second kappa shape index (κ2) is 21.3. The van der Waals surface area contributed by atoms with Crippen LogP contribution in [0.3, 0.4) is 0 Å². The van der Waals surface area contributed by atoms with E-state index in [2.05, 4.69) is 90.6 Å². The van der Waals surface area contributed by atoms with E-state index >= 15 is 0 Å². The second-order valence-electron chi connectivity index (χ2n) is 15.0. The minimum absolute atomic E-state index is 0.120. The summed E-state index contributed by atoms with van der Waals surface area (Å²) in [5.74, 6) is 2.02. The van der Waals surface area contributed by atoms with Crippen LogP contribution in [0.5, 0.6) is 0 Å². The topological polar surface area (TPSA) is 100 Å². The third-order valence-electron chi connectivity index (χ3n) is 10.9. The monoisotopic (exact) mass is 739 g/mol. The van der Waals surface area contributed by atoms with Crippen molar-refractivity contribution in [3.05, 3.63) is 52.6 Å². The summed E-state index contributed by atoms with van der Waals surface area (Å²) in [6, 6.07) is 10.8. The van der Waals surface area contributed by atoms with Crippen LogP contribution in [0.2, 0.25) is 0 Å². The molecule has 3 atom stereocenters. The molecule has 3 unspecified atom stereocenters. The lowest BCUT2D eigenvalue weighted by Crippen LogP contribution is -2.34. The largest absolute Gasteiger partial charge is 0.347 e. The summed E-state index contributed by atoms with van der Waals surface area (Å²) < 4.78 is 1.36. The highest BCUT2D eigenvalue weighted by molar-refractivity contribution is 7.19. The fourth-order valence-electron chi connectivity index (χ4n) is 7.28. The zero-order valence-corrected chi connectivity index (χ0v) is 34.8. The van der Waals surface area contributed by atoms with Gasteiger partial charge in [-0.05, 0) is 57.3 Å². The van der Waals surface area contributed by atoms with Crippen molar-refractivity contribution in [1.29, 1.82) is 5.26 Å². The molecule has 0 saturated heterocycles. The van der Waals surface area contributed by atoms with Crippen molar-refractivity contribution in [1.82, 2.24) is 19.7 Å². The lowest BCUT2D eigenvalue weighted by atomic mass is 9.94. The quantitative estimate of drug-likeness (QED) is 0.0960. The number of thiazole rings is 1. The Morgan fingerprint density at radius 3 is 1.98 bits per heavy atom. The van der Waals surface area contributed by atoms with E-state index in [0.717, 1.165) is 85.8 Å². The molecule has 0 radical (unpaired) electrons. The highest BCUT2D eigenvalue weighted by atomic mass is 32.1. The van der Waals surface area contributed by atoms with Crippen LogP contribution in [0.4, 0.5) is 10.1 Å². The van der Waals surface area contributed by atoms with Crippen molar-refractivity contribution >= 4 is 33.1 Å². The molecule has 288 valence electrons. The van der Waals surface area contributed by atoms with Crippen LogP contribution >= 0.6 is 11.3 Å². The molecular weight excluding hydrogens is 675 g/mol. The van der Waals surface area contributed by atoms with Crippen molar-refractivity contribution in [2.75, 3.05) is 18.0 Å². The fraction of sp³-hybridized carbons (Fsp3) is 0.636. The molecule has 0 bridgehead atoms. The number of carbonyl (C=O) groups is 1. The summed E-state index contributed by atoms with van der Waals surface area (Å²) >= 11 is 1.63. The van der Waals surface area contributed by atoms with E-state index in [4.69, 9.17) is 20.1 Å². The normalized spacial score (nSPS) is 15.5. The second-order valence-corrected chi connectivity index (χ2v) is 16.0. The Balaban J connectivity index is 1.96. The number of hydrogen-bond acceptors (Lipinski definition) is 8. The number of hydrogen-bond donors (Lipinski definition) is 0. The molecule has 0 amide bonds. The molecule has 8 nitrogen and oxygen atoms in total. The van der Waals surface area contributed by atoms with Gasteiger partial charge in [0.15, 0.2) is 16.8 Å². The van der Waals surface area contributed by atoms with E-state index < -0.39 is 5.91 Å². The minimum atomic E-state index is -0.401. The molecule has 1 aliphatic heterocycles. The van der Waals surface area contributed by atoms with Crippen LogP contribution in [-0.2, 0) is 0 Å². The molecule has 3 aromatic rings. The first-order chi connectivity index (χ1) is 25.8. The Bertz CT molecular complexity index is 1690. The molecule has 0 saturated carbocycles. The molecule has 2 aromatic heterocycles. The van der Waals surface area contributed by atoms with E-state index in [-0.39, 0.29) is 11.5 Å². The molecule has 1 aliphatic rings. The number of anilines is 1. The summed E-state index contributed by atoms with van der Waals surface area (Å²) in [7, 11) is 0. The predicted octanol–water partition coefficient (Wildman–Crippen LogP) is 12.4. The first kappa shape index (κ1) is 42.1. The SMILES string of the molecule is CCCCC1=C(C#N)C(=O)n2nc(C(CC)CCCC)nc2C1=Nc1sc(N(CC(CC)CCCC)CC(CC)CCCC)nc1-c1ccc(C)cc1. The highest BCUT2D eigenvalue weighted by Gasteiger charge is 2.35. The molecular formula is C44H65N7OS. The van der Waals surface area contributed by atoms with Gasteiger partial charge in [-0.25, -0.2) is 15.0 Å². The number of aromatic nitrogens is 4. The van der Waals surface area contributed by atoms with Gasteiger partial charge in [0.25, 0.3) is 5.91 Å². The molecule has 0 N–H and O–H groups in total. The van der Waals surface area contributed by atoms with E-state index in [9.17, 15) is 10.1 Å². The van der Waals surface area contributed by atoms with E-state index in [0.29, 0.717) is 41.2 Å². The summed E-state index contributed by atoms with van der Waals surface area (Å²) in [5, 5.41) is 17.0. The van der Waals surface area contributed by atoms with Crippen molar-refractivity contribution < 1.29 is 4.79 Å². The van der Waals surface area contributed by atoms with Crippen LogP contribution in [0.1, 0.15) is 173 Å². The number of allylic oxidation sites excluding steroid dienone is 2. The third-order valence-corrected chi connectivity index (χ3v) is 11.9. The van der Waals surface area contributed by atoms with Gasteiger partial charge in [0.05, 0.1) is 0 Å². The minimum Gasteiger partial charge on any atom is -0.347 e. The number of carbonyl (C=O) groups excluding carboxylic acids is 1. The van der Waals surface area contributed by atoms with Gasteiger partial charge in [0.2, 0.25) is 0 Å². The average Bonchev–Trinajstić information content (AvgIpc) is 3.81. The number of aryl methyl sites for hydroxylation is 1. The van der Waals surface area contributed by atoms with E-state index in [1.54, 1.807) is 11.3 Å². The van der Waals surface area contributed by atoms with Crippen LogP contribution in [0, 0.1) is 30.1 Å². The zero-order valence-electron chi connectivity index (χ0n) is 34.0. The predicted molar refractivity (Wildman–Crippen MR) is 223 cm³/mol. The van der Waals surface area contributed by atoms with Crippen molar-refractivity contribution in [2.45, 2.75) is 158 Å². The number of rotatable bonds is 23. The van der Waals surface area contributed by atoms with Gasteiger partial charge in [-0.15, -0.1) is 5.10 Å².